The van der Waals surface area contributed by atoms with Crippen LogP contribution in [0.3, 0.4) is 0 Å². The van der Waals surface area contributed by atoms with E-state index in [1.54, 1.807) is 18.2 Å². The van der Waals surface area contributed by atoms with Crippen molar-refractivity contribution in [3.8, 4) is 0 Å². The summed E-state index contributed by atoms with van der Waals surface area (Å²) in [7, 11) is -3.71. The predicted molar refractivity (Wildman–Crippen MR) is 98.4 cm³/mol. The number of sulfonamides is 1. The Hall–Kier alpha value is -2.50. The third-order valence-corrected chi connectivity index (χ3v) is 6.88. The van der Waals surface area contributed by atoms with Crippen LogP contribution in [0.25, 0.3) is 0 Å². The molecule has 3 aromatic rings. The van der Waals surface area contributed by atoms with Crippen LogP contribution < -0.4 is 9.62 Å². The summed E-state index contributed by atoms with van der Waals surface area (Å²) in [6, 6.07) is 21.9. The highest BCUT2D eigenvalue weighted by Crippen LogP contribution is 2.57. The molecule has 0 aliphatic carbocycles. The molecule has 25 heavy (non-hydrogen) atoms. The van der Waals surface area contributed by atoms with Gasteiger partial charge in [0.1, 0.15) is 0 Å². The van der Waals surface area contributed by atoms with Crippen molar-refractivity contribution in [1.82, 2.24) is 0 Å². The number of rotatable bonds is 1. The van der Waals surface area contributed by atoms with Gasteiger partial charge >= 0.3 is 0 Å². The van der Waals surface area contributed by atoms with Crippen molar-refractivity contribution in [3.63, 3.8) is 0 Å². The van der Waals surface area contributed by atoms with E-state index in [4.69, 9.17) is 11.6 Å². The van der Waals surface area contributed by atoms with Gasteiger partial charge in [-0.15, -0.1) is 0 Å². The van der Waals surface area contributed by atoms with Gasteiger partial charge in [0.2, 0.25) is 0 Å². The minimum Gasteiger partial charge on any atom is -0.353 e. The van der Waals surface area contributed by atoms with E-state index in [0.717, 1.165) is 11.3 Å². The number of nitrogens with zero attached hydrogens (tertiary/aromatic N) is 1. The Bertz CT molecular complexity index is 1120. The van der Waals surface area contributed by atoms with Crippen LogP contribution in [0.4, 0.5) is 11.4 Å². The van der Waals surface area contributed by atoms with Crippen LogP contribution in [-0.4, -0.2) is 8.42 Å². The highest BCUT2D eigenvalue weighted by molar-refractivity contribution is 7.93. The Labute approximate surface area is 150 Å². The smallest absolute Gasteiger partial charge is 0.267 e. The van der Waals surface area contributed by atoms with Crippen LogP contribution in [0.5, 0.6) is 0 Å². The average Bonchev–Trinajstić information content (AvgIpc) is 3.07. The van der Waals surface area contributed by atoms with Gasteiger partial charge in [0.15, 0.2) is 5.66 Å². The molecule has 2 heterocycles. The molecule has 0 saturated heterocycles. The number of halogens is 1. The first-order chi connectivity index (χ1) is 12.0. The molecular weight excluding hydrogens is 356 g/mol. The summed E-state index contributed by atoms with van der Waals surface area (Å²) >= 11 is 6.23. The molecule has 0 unspecified atom stereocenters. The van der Waals surface area contributed by atoms with Crippen LogP contribution in [0.1, 0.15) is 11.1 Å². The summed E-state index contributed by atoms with van der Waals surface area (Å²) in [6.07, 6.45) is 0. The zero-order chi connectivity index (χ0) is 17.2. The predicted octanol–water partition coefficient (Wildman–Crippen LogP) is 4.18. The molecule has 2 aliphatic rings. The van der Waals surface area contributed by atoms with Gasteiger partial charge < -0.3 is 5.32 Å². The fourth-order valence-electron chi connectivity index (χ4n) is 3.80. The highest BCUT2D eigenvalue weighted by atomic mass is 35.5. The Morgan fingerprint density at radius 1 is 0.920 bits per heavy atom. The monoisotopic (exact) mass is 368 g/mol. The molecule has 0 saturated carbocycles. The van der Waals surface area contributed by atoms with Crippen LogP contribution in [0.15, 0.2) is 77.7 Å². The van der Waals surface area contributed by atoms with Gasteiger partial charge in [-0.1, -0.05) is 54.1 Å². The Morgan fingerprint density at radius 3 is 2.44 bits per heavy atom. The SMILES string of the molecule is O=S1(=O)c2ccc(Cl)cc2[C@@]2(c3ccccc3)Nc3ccccc3N21. The molecule has 2 aliphatic heterocycles. The molecule has 4 nitrogen and oxygen atoms in total. The molecule has 0 bridgehead atoms. The first-order valence-electron chi connectivity index (χ1n) is 7.83. The topological polar surface area (TPSA) is 49.4 Å². The fraction of sp³-hybridized carbons (Fsp3) is 0.0526. The minimum atomic E-state index is -3.71. The molecule has 3 aromatic carbocycles. The van der Waals surface area contributed by atoms with Crippen molar-refractivity contribution in [2.45, 2.75) is 10.6 Å². The Balaban J connectivity index is 1.93. The van der Waals surface area contributed by atoms with Gasteiger partial charge in [-0.05, 0) is 30.3 Å². The molecule has 6 heteroatoms. The van der Waals surface area contributed by atoms with Crippen molar-refractivity contribution in [3.05, 3.63) is 88.9 Å². The summed E-state index contributed by atoms with van der Waals surface area (Å²) in [5.74, 6) is 0. The van der Waals surface area contributed by atoms with E-state index < -0.39 is 15.7 Å². The van der Waals surface area contributed by atoms with Crippen molar-refractivity contribution >= 4 is 33.0 Å². The molecular formula is C19H13ClN2O2S. The lowest BCUT2D eigenvalue weighted by atomic mass is 9.91. The number of hydrogen-bond acceptors (Lipinski definition) is 3. The summed E-state index contributed by atoms with van der Waals surface area (Å²) in [5.41, 5.74) is 1.88. The summed E-state index contributed by atoms with van der Waals surface area (Å²) in [5, 5.41) is 3.96. The maximum absolute atomic E-state index is 13.4. The van der Waals surface area contributed by atoms with Crippen molar-refractivity contribution in [2.24, 2.45) is 0 Å². The van der Waals surface area contributed by atoms with Gasteiger partial charge in [0.05, 0.1) is 16.3 Å². The van der Waals surface area contributed by atoms with Gasteiger partial charge in [0.25, 0.3) is 10.0 Å². The lowest BCUT2D eigenvalue weighted by Gasteiger charge is -2.33. The van der Waals surface area contributed by atoms with Crippen LogP contribution in [0.2, 0.25) is 5.02 Å². The van der Waals surface area contributed by atoms with Crippen LogP contribution >= 0.6 is 11.6 Å². The van der Waals surface area contributed by atoms with E-state index >= 15 is 0 Å². The molecule has 5 rings (SSSR count). The third kappa shape index (κ3) is 1.74. The van der Waals surface area contributed by atoms with Gasteiger partial charge in [-0.25, -0.2) is 12.7 Å². The van der Waals surface area contributed by atoms with E-state index in [-0.39, 0.29) is 4.90 Å². The van der Waals surface area contributed by atoms with E-state index in [2.05, 4.69) is 5.32 Å². The molecule has 0 spiro atoms. The maximum atomic E-state index is 13.4. The average molecular weight is 369 g/mol. The number of nitrogens with one attached hydrogen (secondary N) is 1. The van der Waals surface area contributed by atoms with Gasteiger partial charge in [-0.3, -0.25) is 0 Å². The number of para-hydroxylation sites is 2. The second-order valence-corrected chi connectivity index (χ2v) is 8.32. The zero-order valence-corrected chi connectivity index (χ0v) is 14.6. The van der Waals surface area contributed by atoms with Gasteiger partial charge in [-0.2, -0.15) is 0 Å². The van der Waals surface area contributed by atoms with Crippen molar-refractivity contribution in [1.29, 1.82) is 0 Å². The molecule has 0 amide bonds. The molecule has 0 aromatic heterocycles. The lowest BCUT2D eigenvalue weighted by Crippen LogP contribution is -2.46. The molecule has 1 atom stereocenters. The minimum absolute atomic E-state index is 0.280. The standard InChI is InChI=1S/C19H13ClN2O2S/c20-14-10-11-18-15(12-14)19(13-6-2-1-3-7-13)21-16-8-4-5-9-17(16)22(19)25(18,23)24/h1-12,21H/t19-/m0/s1. The molecule has 0 radical (unpaired) electrons. The van der Waals surface area contributed by atoms with E-state index in [0.29, 0.717) is 16.3 Å². The first-order valence-corrected chi connectivity index (χ1v) is 9.65. The van der Waals surface area contributed by atoms with Crippen molar-refractivity contribution in [2.75, 3.05) is 9.62 Å². The normalized spacial score (nSPS) is 22.0. The molecule has 1 N–H and O–H groups in total. The highest BCUT2D eigenvalue weighted by Gasteiger charge is 2.59. The second-order valence-electron chi connectivity index (χ2n) is 6.13. The van der Waals surface area contributed by atoms with E-state index in [1.807, 2.05) is 54.6 Å². The van der Waals surface area contributed by atoms with Crippen molar-refractivity contribution < 1.29 is 8.42 Å². The van der Waals surface area contributed by atoms with Crippen LogP contribution in [-0.2, 0) is 15.7 Å². The summed E-state index contributed by atoms with van der Waals surface area (Å²) in [6.45, 7) is 0. The Kier molecular flexibility index (Phi) is 2.83. The fourth-order valence-corrected chi connectivity index (χ4v) is 5.92. The van der Waals surface area contributed by atoms with E-state index in [1.165, 1.54) is 4.31 Å². The number of hydrogen-bond donors (Lipinski definition) is 1. The van der Waals surface area contributed by atoms with Crippen LogP contribution in [0, 0.1) is 0 Å². The second kappa shape index (κ2) is 4.77. The third-order valence-electron chi connectivity index (χ3n) is 4.78. The molecule has 124 valence electrons. The number of benzene rings is 3. The zero-order valence-electron chi connectivity index (χ0n) is 13.0. The first kappa shape index (κ1) is 14.8. The maximum Gasteiger partial charge on any atom is 0.267 e. The summed E-state index contributed by atoms with van der Waals surface area (Å²) in [4.78, 5) is 0.280. The number of anilines is 2. The number of fused-ring (bicyclic) bond motifs is 5. The largest absolute Gasteiger partial charge is 0.353 e. The quantitative estimate of drug-likeness (QED) is 0.701. The summed E-state index contributed by atoms with van der Waals surface area (Å²) < 4.78 is 28.2. The lowest BCUT2D eigenvalue weighted by molar-refractivity contribution is 0.582. The van der Waals surface area contributed by atoms with E-state index in [9.17, 15) is 8.42 Å². The molecule has 0 fully saturated rings. The Morgan fingerprint density at radius 2 is 1.64 bits per heavy atom. The van der Waals surface area contributed by atoms with Gasteiger partial charge in [0, 0.05) is 16.1 Å².